The van der Waals surface area contributed by atoms with Gasteiger partial charge in [0.1, 0.15) is 11.6 Å². The van der Waals surface area contributed by atoms with Gasteiger partial charge in [-0.05, 0) is 23.8 Å². The molecule has 1 heterocycles. The molecule has 0 unspecified atom stereocenters. The molecule has 4 nitrogen and oxygen atoms in total. The van der Waals surface area contributed by atoms with Gasteiger partial charge in [-0.2, -0.15) is 9.78 Å². The molecule has 0 radical (unpaired) electrons. The van der Waals surface area contributed by atoms with Crippen LogP contribution in [0.3, 0.4) is 0 Å². The highest BCUT2D eigenvalue weighted by Crippen LogP contribution is 2.23. The third kappa shape index (κ3) is 3.83. The van der Waals surface area contributed by atoms with E-state index in [1.54, 1.807) is 6.07 Å². The number of halogens is 1. The van der Waals surface area contributed by atoms with Gasteiger partial charge in [0.25, 0.3) is 5.91 Å². The van der Waals surface area contributed by atoms with Crippen LogP contribution in [0.25, 0.3) is 11.3 Å². The zero-order valence-corrected chi connectivity index (χ0v) is 15.0. The van der Waals surface area contributed by atoms with E-state index in [2.05, 4.69) is 10.4 Å². The number of anilines is 1. The van der Waals surface area contributed by atoms with Gasteiger partial charge in [-0.15, -0.1) is 0 Å². The largest absolute Gasteiger partial charge is 0.366 e. The van der Waals surface area contributed by atoms with Crippen LogP contribution in [0.2, 0.25) is 0 Å². The molecule has 28 heavy (non-hydrogen) atoms. The van der Waals surface area contributed by atoms with E-state index in [9.17, 15) is 9.18 Å². The van der Waals surface area contributed by atoms with Gasteiger partial charge in [0.15, 0.2) is 0 Å². The van der Waals surface area contributed by atoms with Gasteiger partial charge in [-0.3, -0.25) is 4.79 Å². The number of carbonyl (C=O) groups excluding carboxylic acids is 1. The molecule has 0 atom stereocenters. The van der Waals surface area contributed by atoms with E-state index < -0.39 is 11.7 Å². The number of hydrogen-bond donors (Lipinski definition) is 1. The number of carbonyl (C=O) groups is 1. The summed E-state index contributed by atoms with van der Waals surface area (Å²) < 4.78 is 14.9. The molecule has 0 saturated carbocycles. The Labute approximate surface area is 162 Å². The summed E-state index contributed by atoms with van der Waals surface area (Å²) in [6, 6.07) is 26.9. The van der Waals surface area contributed by atoms with E-state index in [0.717, 1.165) is 11.1 Å². The molecule has 138 valence electrons. The third-order valence-electron chi connectivity index (χ3n) is 4.36. The van der Waals surface area contributed by atoms with Gasteiger partial charge in [-0.25, -0.2) is 4.39 Å². The predicted molar refractivity (Wildman–Crippen MR) is 108 cm³/mol. The number of benzene rings is 3. The molecule has 0 aliphatic carbocycles. The maximum atomic E-state index is 13.6. The maximum Gasteiger partial charge on any atom is 0.280 e. The van der Waals surface area contributed by atoms with Crippen molar-refractivity contribution in [3.05, 3.63) is 108 Å². The molecule has 4 aromatic rings. The van der Waals surface area contributed by atoms with Crippen LogP contribution in [0.4, 0.5) is 10.2 Å². The van der Waals surface area contributed by atoms with E-state index in [1.165, 1.54) is 22.9 Å². The highest BCUT2D eigenvalue weighted by atomic mass is 19.1. The zero-order valence-electron chi connectivity index (χ0n) is 15.0. The van der Waals surface area contributed by atoms with E-state index in [-0.39, 0.29) is 5.56 Å². The van der Waals surface area contributed by atoms with Crippen molar-refractivity contribution in [3.63, 3.8) is 0 Å². The molecule has 0 amide bonds. The highest BCUT2D eigenvalue weighted by molar-refractivity contribution is 5.97. The van der Waals surface area contributed by atoms with Crippen molar-refractivity contribution >= 4 is 11.7 Å². The molecule has 1 aromatic heterocycles. The summed E-state index contributed by atoms with van der Waals surface area (Å²) in [5.41, 5.74) is 2.89. The lowest BCUT2D eigenvalue weighted by Crippen LogP contribution is -2.17. The molecule has 5 heteroatoms. The Morgan fingerprint density at radius 3 is 2.32 bits per heavy atom. The van der Waals surface area contributed by atoms with Gasteiger partial charge in [-0.1, -0.05) is 66.7 Å². The Balaban J connectivity index is 1.70. The van der Waals surface area contributed by atoms with Crippen LogP contribution in [-0.4, -0.2) is 15.7 Å². The fourth-order valence-electron chi connectivity index (χ4n) is 2.94. The molecule has 1 N–H and O–H groups in total. The predicted octanol–water partition coefficient (Wildman–Crippen LogP) is 4.99. The first-order chi connectivity index (χ1) is 13.7. The smallest absolute Gasteiger partial charge is 0.280 e. The topological polar surface area (TPSA) is 46.9 Å². The Morgan fingerprint density at radius 2 is 1.61 bits per heavy atom. The number of rotatable bonds is 5. The molecule has 0 fully saturated rings. The Hall–Kier alpha value is -3.73. The standard InChI is InChI=1S/C23H18FN3O/c24-20-13-7-12-19(14-20)23(28)27-22(25-16-17-8-3-1-4-9-17)15-21(26-27)18-10-5-2-6-11-18/h1-15,25H,16H2. The molecule has 0 spiro atoms. The lowest BCUT2D eigenvalue weighted by atomic mass is 10.1. The highest BCUT2D eigenvalue weighted by Gasteiger charge is 2.17. The minimum Gasteiger partial charge on any atom is -0.366 e. The van der Waals surface area contributed by atoms with E-state index >= 15 is 0 Å². The van der Waals surface area contributed by atoms with Crippen LogP contribution in [0, 0.1) is 5.82 Å². The second-order valence-corrected chi connectivity index (χ2v) is 6.35. The third-order valence-corrected chi connectivity index (χ3v) is 4.36. The number of nitrogens with one attached hydrogen (secondary N) is 1. The Bertz CT molecular complexity index is 1090. The molecule has 0 saturated heterocycles. The molecule has 4 rings (SSSR count). The van der Waals surface area contributed by atoms with Crippen LogP contribution in [0.1, 0.15) is 15.9 Å². The normalized spacial score (nSPS) is 10.6. The van der Waals surface area contributed by atoms with Crippen molar-refractivity contribution < 1.29 is 9.18 Å². The summed E-state index contributed by atoms with van der Waals surface area (Å²) in [5, 5.41) is 7.75. The Kier molecular flexibility index (Phi) is 4.97. The SMILES string of the molecule is O=C(c1cccc(F)c1)n1nc(-c2ccccc2)cc1NCc1ccccc1. The van der Waals surface area contributed by atoms with Gasteiger partial charge >= 0.3 is 0 Å². The van der Waals surface area contributed by atoms with Crippen molar-refractivity contribution in [1.29, 1.82) is 0 Å². The van der Waals surface area contributed by atoms with Crippen molar-refractivity contribution in [2.24, 2.45) is 0 Å². The minimum atomic E-state index is -0.458. The fourth-order valence-corrected chi connectivity index (χ4v) is 2.94. The average molecular weight is 371 g/mol. The van der Waals surface area contributed by atoms with Crippen LogP contribution in [-0.2, 0) is 6.54 Å². The summed E-state index contributed by atoms with van der Waals surface area (Å²) in [4.78, 5) is 13.0. The average Bonchev–Trinajstić information content (AvgIpc) is 3.17. The van der Waals surface area contributed by atoms with Crippen molar-refractivity contribution in [1.82, 2.24) is 9.78 Å². The summed E-state index contributed by atoms with van der Waals surface area (Å²) >= 11 is 0. The number of nitrogens with zero attached hydrogens (tertiary/aromatic N) is 2. The zero-order chi connectivity index (χ0) is 19.3. The van der Waals surface area contributed by atoms with Gasteiger partial charge in [0.2, 0.25) is 0 Å². The molecule has 3 aromatic carbocycles. The molecular weight excluding hydrogens is 353 g/mol. The van der Waals surface area contributed by atoms with Crippen molar-refractivity contribution in [2.75, 3.05) is 5.32 Å². The maximum absolute atomic E-state index is 13.6. The monoisotopic (exact) mass is 371 g/mol. The summed E-state index contributed by atoms with van der Waals surface area (Å²) in [7, 11) is 0. The van der Waals surface area contributed by atoms with E-state index in [1.807, 2.05) is 66.7 Å². The second kappa shape index (κ2) is 7.88. The first kappa shape index (κ1) is 17.7. The minimum absolute atomic E-state index is 0.241. The Morgan fingerprint density at radius 1 is 0.893 bits per heavy atom. The molecule has 0 aliphatic rings. The van der Waals surface area contributed by atoms with Gasteiger partial charge in [0, 0.05) is 23.7 Å². The van der Waals surface area contributed by atoms with E-state index in [4.69, 9.17) is 0 Å². The van der Waals surface area contributed by atoms with E-state index in [0.29, 0.717) is 18.1 Å². The van der Waals surface area contributed by atoms with Crippen LogP contribution >= 0.6 is 0 Å². The summed E-state index contributed by atoms with van der Waals surface area (Å²) in [5.74, 6) is -0.297. The van der Waals surface area contributed by atoms with Crippen molar-refractivity contribution in [2.45, 2.75) is 6.54 Å². The van der Waals surface area contributed by atoms with Crippen LogP contribution in [0.15, 0.2) is 91.0 Å². The van der Waals surface area contributed by atoms with Gasteiger partial charge < -0.3 is 5.32 Å². The summed E-state index contributed by atoms with van der Waals surface area (Å²) in [6.07, 6.45) is 0. The van der Waals surface area contributed by atoms with Crippen LogP contribution in [0.5, 0.6) is 0 Å². The lowest BCUT2D eigenvalue weighted by Gasteiger charge is -2.09. The number of aromatic nitrogens is 2. The first-order valence-electron chi connectivity index (χ1n) is 8.94. The molecule has 0 aliphatic heterocycles. The number of hydrogen-bond acceptors (Lipinski definition) is 3. The quantitative estimate of drug-likeness (QED) is 0.538. The first-order valence-corrected chi connectivity index (χ1v) is 8.94. The lowest BCUT2D eigenvalue weighted by molar-refractivity contribution is 0.0947. The van der Waals surface area contributed by atoms with Crippen LogP contribution < -0.4 is 5.32 Å². The van der Waals surface area contributed by atoms with Crippen molar-refractivity contribution in [3.8, 4) is 11.3 Å². The van der Waals surface area contributed by atoms with Gasteiger partial charge in [0.05, 0.1) is 5.69 Å². The second-order valence-electron chi connectivity index (χ2n) is 6.35. The molecular formula is C23H18FN3O. The fraction of sp³-hybridized carbons (Fsp3) is 0.0435. The summed E-state index contributed by atoms with van der Waals surface area (Å²) in [6.45, 7) is 0.539. The molecule has 0 bridgehead atoms.